The first-order valence-corrected chi connectivity index (χ1v) is 8.85. The summed E-state index contributed by atoms with van der Waals surface area (Å²) in [4.78, 5) is 21.0. The van der Waals surface area contributed by atoms with E-state index in [1.54, 1.807) is 7.11 Å². The van der Waals surface area contributed by atoms with Crippen LogP contribution in [-0.2, 0) is 16.1 Å². The van der Waals surface area contributed by atoms with Crippen molar-refractivity contribution in [3.63, 3.8) is 0 Å². The Morgan fingerprint density at radius 2 is 2.00 bits per heavy atom. The van der Waals surface area contributed by atoms with E-state index >= 15 is 0 Å². The van der Waals surface area contributed by atoms with Crippen molar-refractivity contribution in [2.75, 3.05) is 53.0 Å². The highest BCUT2D eigenvalue weighted by Gasteiger charge is 2.19. The molecule has 1 aliphatic heterocycles. The number of aromatic nitrogens is 2. The maximum Gasteiger partial charge on any atom is 0.234 e. The zero-order valence-corrected chi connectivity index (χ0v) is 15.2. The van der Waals surface area contributed by atoms with Crippen molar-refractivity contribution in [1.82, 2.24) is 24.5 Å². The summed E-state index contributed by atoms with van der Waals surface area (Å²) in [6.45, 7) is 6.00. The summed E-state index contributed by atoms with van der Waals surface area (Å²) < 4.78 is 6.89. The van der Waals surface area contributed by atoms with Crippen LogP contribution < -0.4 is 5.32 Å². The fraction of sp³-hybridized carbons (Fsp3) is 0.529. The van der Waals surface area contributed by atoms with Crippen LogP contribution in [-0.4, -0.2) is 78.1 Å². The fourth-order valence-electron chi connectivity index (χ4n) is 2.98. The Hall–Kier alpha value is -1.67. The van der Waals surface area contributed by atoms with Crippen molar-refractivity contribution < 1.29 is 9.53 Å². The molecule has 3 heterocycles. The van der Waals surface area contributed by atoms with Gasteiger partial charge in [0.2, 0.25) is 5.91 Å². The normalized spacial score (nSPS) is 16.4. The monoisotopic (exact) mass is 365 g/mol. The molecule has 1 fully saturated rings. The number of rotatable bonds is 7. The maximum absolute atomic E-state index is 11.8. The Morgan fingerprint density at radius 1 is 1.24 bits per heavy atom. The van der Waals surface area contributed by atoms with E-state index < -0.39 is 0 Å². The number of imidazole rings is 1. The number of carbonyl (C=O) groups is 1. The van der Waals surface area contributed by atoms with Gasteiger partial charge in [-0.15, -0.1) is 0 Å². The molecule has 0 aliphatic carbocycles. The van der Waals surface area contributed by atoms with Crippen molar-refractivity contribution >= 4 is 23.2 Å². The molecule has 1 aliphatic rings. The average Bonchev–Trinajstić information content (AvgIpc) is 2.98. The Bertz CT molecular complexity index is 712. The number of nitrogens with zero attached hydrogens (tertiary/aromatic N) is 4. The maximum atomic E-state index is 11.8. The van der Waals surface area contributed by atoms with Gasteiger partial charge < -0.3 is 14.5 Å². The second-order valence-electron chi connectivity index (χ2n) is 6.24. The van der Waals surface area contributed by atoms with E-state index in [2.05, 4.69) is 20.1 Å². The number of halogens is 1. The third kappa shape index (κ3) is 5.15. The molecule has 1 N–H and O–H groups in total. The molecule has 2 aromatic rings. The first kappa shape index (κ1) is 18.1. The standard InChI is InChI=1S/C17H24ClN5O2/c1-25-9-4-19-17(24)13-22-7-5-21(6-8-22)11-15-12-23-10-14(18)2-3-16(23)20-15/h2-3,10,12H,4-9,11,13H2,1H3,(H,19,24). The van der Waals surface area contributed by atoms with Crippen molar-refractivity contribution in [2.24, 2.45) is 0 Å². The molecule has 0 bridgehead atoms. The van der Waals surface area contributed by atoms with Gasteiger partial charge in [0.25, 0.3) is 0 Å². The van der Waals surface area contributed by atoms with E-state index in [1.165, 1.54) is 0 Å². The van der Waals surface area contributed by atoms with E-state index in [-0.39, 0.29) is 5.91 Å². The van der Waals surface area contributed by atoms with Gasteiger partial charge in [0.1, 0.15) is 5.65 Å². The van der Waals surface area contributed by atoms with Gasteiger partial charge in [-0.3, -0.25) is 14.6 Å². The molecule has 1 amide bonds. The molecule has 0 unspecified atom stereocenters. The molecule has 7 nitrogen and oxygen atoms in total. The number of pyridine rings is 1. The molecule has 0 aromatic carbocycles. The number of piperazine rings is 1. The number of ether oxygens (including phenoxy) is 1. The highest BCUT2D eigenvalue weighted by Crippen LogP contribution is 2.13. The van der Waals surface area contributed by atoms with Gasteiger partial charge in [-0.1, -0.05) is 11.6 Å². The van der Waals surface area contributed by atoms with E-state index in [4.69, 9.17) is 16.3 Å². The third-order valence-electron chi connectivity index (χ3n) is 4.31. The van der Waals surface area contributed by atoms with Crippen LogP contribution in [0.15, 0.2) is 24.5 Å². The highest BCUT2D eigenvalue weighted by molar-refractivity contribution is 6.30. The molecule has 136 valence electrons. The van der Waals surface area contributed by atoms with Gasteiger partial charge in [0, 0.05) is 58.8 Å². The van der Waals surface area contributed by atoms with Gasteiger partial charge in [-0.05, 0) is 12.1 Å². The second-order valence-corrected chi connectivity index (χ2v) is 6.68. The Kier molecular flexibility index (Phi) is 6.25. The van der Waals surface area contributed by atoms with Crippen molar-refractivity contribution in [2.45, 2.75) is 6.54 Å². The SMILES string of the molecule is COCCNC(=O)CN1CCN(Cc2cn3cc(Cl)ccc3n2)CC1. The summed E-state index contributed by atoms with van der Waals surface area (Å²) >= 11 is 6.01. The Balaban J connectivity index is 1.44. The van der Waals surface area contributed by atoms with Crippen LogP contribution in [0.1, 0.15) is 5.69 Å². The molecular weight excluding hydrogens is 342 g/mol. The number of nitrogens with one attached hydrogen (secondary N) is 1. The summed E-state index contributed by atoms with van der Waals surface area (Å²) in [6.07, 6.45) is 3.89. The second kappa shape index (κ2) is 8.62. The molecule has 0 radical (unpaired) electrons. The van der Waals surface area contributed by atoms with Crippen LogP contribution >= 0.6 is 11.6 Å². The van der Waals surface area contributed by atoms with Crippen LogP contribution in [0.5, 0.6) is 0 Å². The van der Waals surface area contributed by atoms with Crippen LogP contribution in [0.2, 0.25) is 5.02 Å². The first-order chi connectivity index (χ1) is 12.1. The highest BCUT2D eigenvalue weighted by atomic mass is 35.5. The number of hydrogen-bond acceptors (Lipinski definition) is 5. The smallest absolute Gasteiger partial charge is 0.234 e. The largest absolute Gasteiger partial charge is 0.383 e. The molecule has 25 heavy (non-hydrogen) atoms. The Labute approximate surface area is 152 Å². The molecule has 1 saturated heterocycles. The lowest BCUT2D eigenvalue weighted by Gasteiger charge is -2.33. The summed E-state index contributed by atoms with van der Waals surface area (Å²) in [6, 6.07) is 3.77. The minimum Gasteiger partial charge on any atom is -0.383 e. The van der Waals surface area contributed by atoms with Gasteiger partial charge in [-0.2, -0.15) is 0 Å². The van der Waals surface area contributed by atoms with E-state index in [0.717, 1.165) is 44.1 Å². The van der Waals surface area contributed by atoms with Crippen LogP contribution in [0.4, 0.5) is 0 Å². The molecular formula is C17H24ClN5O2. The van der Waals surface area contributed by atoms with Crippen LogP contribution in [0, 0.1) is 0 Å². The quantitative estimate of drug-likeness (QED) is 0.738. The van der Waals surface area contributed by atoms with Crippen LogP contribution in [0.25, 0.3) is 5.65 Å². The average molecular weight is 366 g/mol. The van der Waals surface area contributed by atoms with Gasteiger partial charge >= 0.3 is 0 Å². The lowest BCUT2D eigenvalue weighted by Crippen LogP contribution is -2.49. The predicted molar refractivity (Wildman–Crippen MR) is 96.8 cm³/mol. The number of hydrogen-bond donors (Lipinski definition) is 1. The molecule has 2 aromatic heterocycles. The zero-order valence-electron chi connectivity index (χ0n) is 14.4. The third-order valence-corrected chi connectivity index (χ3v) is 4.53. The molecule has 8 heteroatoms. The predicted octanol–water partition coefficient (Wildman–Crippen LogP) is 0.868. The number of fused-ring (bicyclic) bond motifs is 1. The fourth-order valence-corrected chi connectivity index (χ4v) is 3.15. The summed E-state index contributed by atoms with van der Waals surface area (Å²) in [5, 5.41) is 3.56. The molecule has 0 atom stereocenters. The zero-order chi connectivity index (χ0) is 17.6. The van der Waals surface area contributed by atoms with E-state index in [0.29, 0.717) is 24.7 Å². The number of amides is 1. The lowest BCUT2D eigenvalue weighted by atomic mass is 10.3. The lowest BCUT2D eigenvalue weighted by molar-refractivity contribution is -0.122. The molecule has 0 saturated carbocycles. The van der Waals surface area contributed by atoms with Crippen molar-refractivity contribution in [1.29, 1.82) is 0 Å². The summed E-state index contributed by atoms with van der Waals surface area (Å²) in [7, 11) is 1.63. The first-order valence-electron chi connectivity index (χ1n) is 8.47. The minimum absolute atomic E-state index is 0.0581. The number of methoxy groups -OCH3 is 1. The van der Waals surface area contributed by atoms with Crippen molar-refractivity contribution in [3.8, 4) is 0 Å². The van der Waals surface area contributed by atoms with Crippen LogP contribution in [0.3, 0.4) is 0 Å². The minimum atomic E-state index is 0.0581. The van der Waals surface area contributed by atoms with Gasteiger partial charge in [-0.25, -0.2) is 4.98 Å². The van der Waals surface area contributed by atoms with Gasteiger partial charge in [0.05, 0.1) is 23.9 Å². The summed E-state index contributed by atoms with van der Waals surface area (Å²) in [5.74, 6) is 0.0581. The van der Waals surface area contributed by atoms with Gasteiger partial charge in [0.15, 0.2) is 0 Å². The van der Waals surface area contributed by atoms with Crippen molar-refractivity contribution in [3.05, 3.63) is 35.2 Å². The Morgan fingerprint density at radius 3 is 2.76 bits per heavy atom. The topological polar surface area (TPSA) is 62.1 Å². The summed E-state index contributed by atoms with van der Waals surface area (Å²) in [5.41, 5.74) is 1.94. The van der Waals surface area contributed by atoms with E-state index in [1.807, 2.05) is 28.9 Å². The molecule has 0 spiro atoms. The molecule has 3 rings (SSSR count). The van der Waals surface area contributed by atoms with E-state index in [9.17, 15) is 4.79 Å². The number of carbonyl (C=O) groups excluding carboxylic acids is 1.